The van der Waals surface area contributed by atoms with Gasteiger partial charge < -0.3 is 8.98 Å². The fraction of sp³-hybridized carbons (Fsp3) is 0. The first kappa shape index (κ1) is 26.0. The molecule has 4 heterocycles. The van der Waals surface area contributed by atoms with Crippen LogP contribution in [-0.4, -0.2) is 14.1 Å². The van der Waals surface area contributed by atoms with E-state index >= 15 is 0 Å². The second-order valence-corrected chi connectivity index (χ2v) is 13.4. The summed E-state index contributed by atoms with van der Waals surface area (Å²) in [6.45, 7) is 0. The van der Waals surface area contributed by atoms with E-state index in [-0.39, 0.29) is 0 Å². The molecular weight excluding hydrogens is 607 g/mol. The Balaban J connectivity index is 1.21. The van der Waals surface area contributed by atoms with Crippen molar-refractivity contribution < 1.29 is 4.42 Å². The molecule has 0 atom stereocenters. The highest BCUT2D eigenvalue weighted by Gasteiger charge is 2.23. The van der Waals surface area contributed by atoms with E-state index in [0.717, 1.165) is 59.6 Å². The van der Waals surface area contributed by atoms with Gasteiger partial charge in [-0.2, -0.15) is 0 Å². The zero-order valence-electron chi connectivity index (χ0n) is 25.6. The molecule has 0 bridgehead atoms. The van der Waals surface area contributed by atoms with Gasteiger partial charge in [0.1, 0.15) is 11.2 Å². The van der Waals surface area contributed by atoms with Crippen molar-refractivity contribution in [1.29, 1.82) is 0 Å². The van der Waals surface area contributed by atoms with Crippen molar-refractivity contribution >= 4 is 87.1 Å². The summed E-state index contributed by atoms with van der Waals surface area (Å²) in [5.41, 5.74) is 10.9. The topological polar surface area (TPSA) is 35.9 Å². The van der Waals surface area contributed by atoms with Gasteiger partial charge in [-0.3, -0.25) is 4.57 Å². The zero-order valence-corrected chi connectivity index (χ0v) is 26.4. The molecule has 11 aromatic rings. The highest BCUT2D eigenvalue weighted by molar-refractivity contribution is 7.21. The van der Waals surface area contributed by atoms with Crippen LogP contribution < -0.4 is 0 Å². The van der Waals surface area contributed by atoms with Crippen LogP contribution in [-0.2, 0) is 0 Å². The highest BCUT2D eigenvalue weighted by Crippen LogP contribution is 2.44. The predicted molar refractivity (Wildman–Crippen MR) is 201 cm³/mol. The lowest BCUT2D eigenvalue weighted by Gasteiger charge is -2.09. The minimum absolute atomic E-state index is 0.857. The summed E-state index contributed by atoms with van der Waals surface area (Å²) >= 11 is 1.73. The minimum atomic E-state index is 0.857. The van der Waals surface area contributed by atoms with Crippen LogP contribution in [0.15, 0.2) is 156 Å². The molecule has 48 heavy (non-hydrogen) atoms. The van der Waals surface area contributed by atoms with Gasteiger partial charge >= 0.3 is 0 Å². The fourth-order valence-corrected chi connectivity index (χ4v) is 8.71. The number of furan rings is 1. The van der Waals surface area contributed by atoms with Gasteiger partial charge in [0, 0.05) is 32.6 Å². The summed E-state index contributed by atoms with van der Waals surface area (Å²) in [5.74, 6) is 0. The number of rotatable bonds is 3. The molecular formula is C43H25N3OS. The maximum atomic E-state index is 6.45. The Morgan fingerprint density at radius 1 is 0.479 bits per heavy atom. The van der Waals surface area contributed by atoms with Crippen molar-refractivity contribution in [3.63, 3.8) is 0 Å². The number of nitrogens with zero attached hydrogens (tertiary/aromatic N) is 3. The quantitative estimate of drug-likeness (QED) is 0.194. The molecule has 7 aromatic carbocycles. The monoisotopic (exact) mass is 631 g/mol. The molecule has 0 unspecified atom stereocenters. The minimum Gasteiger partial charge on any atom is -0.456 e. The average molecular weight is 632 g/mol. The summed E-state index contributed by atoms with van der Waals surface area (Å²) in [7, 11) is 0. The van der Waals surface area contributed by atoms with Crippen LogP contribution in [0.25, 0.3) is 97.7 Å². The van der Waals surface area contributed by atoms with Crippen LogP contribution in [0, 0.1) is 0 Å². The number of para-hydroxylation sites is 3. The summed E-state index contributed by atoms with van der Waals surface area (Å²) in [4.78, 5) is 5.40. The highest BCUT2D eigenvalue weighted by atomic mass is 32.1. The molecule has 224 valence electrons. The Labute approximate surface area is 278 Å². The van der Waals surface area contributed by atoms with Gasteiger partial charge in [-0.25, -0.2) is 4.98 Å². The molecule has 11 rings (SSSR count). The van der Waals surface area contributed by atoms with Crippen molar-refractivity contribution in [2.75, 3.05) is 0 Å². The van der Waals surface area contributed by atoms with Gasteiger partial charge in [0.2, 0.25) is 0 Å². The smallest absolute Gasteiger partial charge is 0.195 e. The molecule has 0 aliphatic heterocycles. The molecule has 4 aromatic heterocycles. The molecule has 0 saturated carbocycles. The lowest BCUT2D eigenvalue weighted by atomic mass is 10.0. The summed E-state index contributed by atoms with van der Waals surface area (Å²) in [5, 5.41) is 8.04. The van der Waals surface area contributed by atoms with Gasteiger partial charge in [0.15, 0.2) is 5.13 Å². The second kappa shape index (κ2) is 9.67. The summed E-state index contributed by atoms with van der Waals surface area (Å²) in [6.07, 6.45) is 0. The average Bonchev–Trinajstić information content (AvgIpc) is 3.90. The molecule has 0 aliphatic carbocycles. The maximum absolute atomic E-state index is 6.45. The number of fused-ring (bicyclic) bond motifs is 12. The number of hydrogen-bond donors (Lipinski definition) is 0. The van der Waals surface area contributed by atoms with E-state index in [0.29, 0.717) is 0 Å². The Bertz CT molecular complexity index is 3050. The van der Waals surface area contributed by atoms with Crippen LogP contribution in [0.2, 0.25) is 0 Å². The Kier molecular flexibility index (Phi) is 5.23. The molecule has 5 heteroatoms. The lowest BCUT2D eigenvalue weighted by Crippen LogP contribution is -1.94. The predicted octanol–water partition coefficient (Wildman–Crippen LogP) is 12.1. The maximum Gasteiger partial charge on any atom is 0.195 e. The molecule has 0 saturated heterocycles. The molecule has 0 radical (unpaired) electrons. The van der Waals surface area contributed by atoms with Gasteiger partial charge in [0.05, 0.1) is 37.7 Å². The first-order valence-corrected chi connectivity index (χ1v) is 17.0. The van der Waals surface area contributed by atoms with Crippen LogP contribution >= 0.6 is 11.3 Å². The molecule has 0 aliphatic rings. The van der Waals surface area contributed by atoms with Crippen LogP contribution in [0.5, 0.6) is 0 Å². The third-order valence-electron chi connectivity index (χ3n) is 9.76. The van der Waals surface area contributed by atoms with Crippen molar-refractivity contribution in [1.82, 2.24) is 14.1 Å². The lowest BCUT2D eigenvalue weighted by molar-refractivity contribution is 0.669. The van der Waals surface area contributed by atoms with E-state index in [1.165, 1.54) is 38.1 Å². The normalized spacial score (nSPS) is 12.2. The Hall–Kier alpha value is -6.17. The van der Waals surface area contributed by atoms with Gasteiger partial charge in [-0.1, -0.05) is 108 Å². The van der Waals surface area contributed by atoms with Crippen molar-refractivity contribution in [2.24, 2.45) is 0 Å². The SMILES string of the molecule is c1ccc(-c2ccc3c(c2)oc2ccc4sc(-n5c6ccccc6c6c5ccc5c7ccccc7n(-c7ccccc7)c56)nc4c23)cc1. The number of thiazole rings is 1. The van der Waals surface area contributed by atoms with Crippen molar-refractivity contribution in [2.45, 2.75) is 0 Å². The number of benzene rings is 7. The van der Waals surface area contributed by atoms with Crippen molar-refractivity contribution in [3.8, 4) is 21.9 Å². The van der Waals surface area contributed by atoms with E-state index in [1.807, 2.05) is 6.07 Å². The third kappa shape index (κ3) is 3.51. The molecule has 0 N–H and O–H groups in total. The summed E-state index contributed by atoms with van der Waals surface area (Å²) in [6, 6.07) is 53.9. The standard InChI is InChI=1S/C43H25N3OS/c1-3-11-26(12-4-1)27-19-20-32-37(25-27)47-36-23-24-38-41(40(32)36)44-43(48-38)46-34-18-10-8-16-31(34)39-35(46)22-21-30-29-15-7-9-17-33(29)45(42(30)39)28-13-5-2-6-14-28/h1-25H. The largest absolute Gasteiger partial charge is 0.456 e. The first-order valence-electron chi connectivity index (χ1n) is 16.1. The Morgan fingerprint density at radius 2 is 1.19 bits per heavy atom. The third-order valence-corrected chi connectivity index (χ3v) is 10.8. The first-order chi connectivity index (χ1) is 23.8. The van der Waals surface area contributed by atoms with Crippen LogP contribution in [0.4, 0.5) is 0 Å². The van der Waals surface area contributed by atoms with E-state index in [2.05, 4.69) is 155 Å². The second-order valence-electron chi connectivity index (χ2n) is 12.4. The Morgan fingerprint density at radius 3 is 2.02 bits per heavy atom. The van der Waals surface area contributed by atoms with Gasteiger partial charge in [-0.05, 0) is 65.7 Å². The molecule has 0 spiro atoms. The van der Waals surface area contributed by atoms with E-state index < -0.39 is 0 Å². The van der Waals surface area contributed by atoms with Gasteiger partial charge in [-0.15, -0.1) is 0 Å². The van der Waals surface area contributed by atoms with Crippen LogP contribution in [0.3, 0.4) is 0 Å². The zero-order chi connectivity index (χ0) is 31.3. The summed E-state index contributed by atoms with van der Waals surface area (Å²) < 4.78 is 12.4. The van der Waals surface area contributed by atoms with Gasteiger partial charge in [0.25, 0.3) is 0 Å². The molecule has 4 nitrogen and oxygen atoms in total. The fourth-order valence-electron chi connectivity index (χ4n) is 7.71. The number of hydrogen-bond acceptors (Lipinski definition) is 3. The molecule has 0 amide bonds. The van der Waals surface area contributed by atoms with Crippen molar-refractivity contribution in [3.05, 3.63) is 152 Å². The van der Waals surface area contributed by atoms with E-state index in [1.54, 1.807) is 11.3 Å². The van der Waals surface area contributed by atoms with Crippen LogP contribution in [0.1, 0.15) is 0 Å². The number of aromatic nitrogens is 3. The van der Waals surface area contributed by atoms with E-state index in [4.69, 9.17) is 9.40 Å². The molecule has 0 fully saturated rings. The van der Waals surface area contributed by atoms with E-state index in [9.17, 15) is 0 Å².